The van der Waals surface area contributed by atoms with E-state index in [4.69, 9.17) is 4.74 Å². The Morgan fingerprint density at radius 2 is 2.13 bits per heavy atom. The van der Waals surface area contributed by atoms with Gasteiger partial charge in [0.15, 0.2) is 0 Å². The van der Waals surface area contributed by atoms with Crippen molar-refractivity contribution in [3.63, 3.8) is 0 Å². The number of fused-ring (bicyclic) bond motifs is 1. The van der Waals surface area contributed by atoms with Gasteiger partial charge in [-0.15, -0.1) is 0 Å². The molecule has 0 unspecified atom stereocenters. The summed E-state index contributed by atoms with van der Waals surface area (Å²) in [4.78, 5) is 27.9. The first-order valence-corrected chi connectivity index (χ1v) is 8.55. The van der Waals surface area contributed by atoms with Gasteiger partial charge in [-0.05, 0) is 35.1 Å². The lowest BCUT2D eigenvalue weighted by atomic mass is 9.96. The molecule has 2 amide bonds. The van der Waals surface area contributed by atoms with Gasteiger partial charge in [0, 0.05) is 18.5 Å². The van der Waals surface area contributed by atoms with Gasteiger partial charge in [0.2, 0.25) is 0 Å². The first-order chi connectivity index (χ1) is 11.2. The maximum Gasteiger partial charge on any atom is 0.414 e. The molecule has 0 bridgehead atoms. The second-order valence-electron chi connectivity index (χ2n) is 5.67. The number of hydrogen-bond acceptors (Lipinski definition) is 4. The van der Waals surface area contributed by atoms with Gasteiger partial charge in [-0.1, -0.05) is 12.1 Å². The topological polar surface area (TPSA) is 49.9 Å². The lowest BCUT2D eigenvalue weighted by molar-refractivity contribution is 0.0735. The molecule has 1 fully saturated rings. The Hall–Kier alpha value is -2.34. The van der Waals surface area contributed by atoms with Crippen LogP contribution in [0.15, 0.2) is 35.0 Å². The van der Waals surface area contributed by atoms with E-state index in [0.29, 0.717) is 26.2 Å². The number of carbonyl (C=O) groups is 2. The van der Waals surface area contributed by atoms with Crippen molar-refractivity contribution < 1.29 is 14.3 Å². The molecule has 0 aliphatic carbocycles. The zero-order valence-corrected chi connectivity index (χ0v) is 13.3. The van der Waals surface area contributed by atoms with Crippen molar-refractivity contribution in [2.75, 3.05) is 24.6 Å². The molecule has 0 radical (unpaired) electrons. The Balaban J connectivity index is 1.61. The van der Waals surface area contributed by atoms with Crippen LogP contribution in [0.5, 0.6) is 0 Å². The van der Waals surface area contributed by atoms with Gasteiger partial charge in [-0.25, -0.2) is 4.79 Å². The molecule has 0 spiro atoms. The number of amides is 2. The molecule has 5 nitrogen and oxygen atoms in total. The lowest BCUT2D eigenvalue weighted by Crippen LogP contribution is -2.37. The molecule has 2 aromatic rings. The number of thiophene rings is 1. The number of ether oxygens (including phenoxy) is 1. The minimum Gasteiger partial charge on any atom is -0.447 e. The molecule has 3 heterocycles. The third kappa shape index (κ3) is 2.49. The molecule has 118 valence electrons. The van der Waals surface area contributed by atoms with Crippen LogP contribution in [0.25, 0.3) is 0 Å². The highest BCUT2D eigenvalue weighted by atomic mass is 32.1. The second-order valence-corrected chi connectivity index (χ2v) is 6.45. The van der Waals surface area contributed by atoms with Gasteiger partial charge in [-0.3, -0.25) is 9.69 Å². The van der Waals surface area contributed by atoms with Crippen molar-refractivity contribution >= 4 is 29.0 Å². The number of nitrogens with zero attached hydrogens (tertiary/aromatic N) is 2. The Bertz CT molecular complexity index is 757. The molecular weight excluding hydrogens is 312 g/mol. The Labute approximate surface area is 138 Å². The van der Waals surface area contributed by atoms with Crippen molar-refractivity contribution in [3.05, 3.63) is 51.7 Å². The minimum atomic E-state index is -0.282. The van der Waals surface area contributed by atoms with E-state index in [0.717, 1.165) is 28.8 Å². The van der Waals surface area contributed by atoms with E-state index in [1.54, 1.807) is 4.90 Å². The van der Waals surface area contributed by atoms with Crippen molar-refractivity contribution in [2.24, 2.45) is 0 Å². The van der Waals surface area contributed by atoms with E-state index < -0.39 is 0 Å². The zero-order valence-electron chi connectivity index (χ0n) is 12.5. The molecule has 2 aliphatic heterocycles. The van der Waals surface area contributed by atoms with Crippen LogP contribution in [0, 0.1) is 0 Å². The number of cyclic esters (lactones) is 1. The molecule has 2 aliphatic rings. The molecule has 1 aromatic heterocycles. The third-order valence-electron chi connectivity index (χ3n) is 4.35. The number of anilines is 1. The van der Waals surface area contributed by atoms with E-state index in [1.807, 2.05) is 39.9 Å². The van der Waals surface area contributed by atoms with Crippen LogP contribution in [0.2, 0.25) is 0 Å². The standard InChI is InChI=1S/C17H16N2O3S/c20-16(13-5-9-23-11-13)18-6-4-14-12(10-18)2-1-3-15(14)19-7-8-22-17(19)21/h1-3,5,9,11H,4,6-8,10H2. The molecule has 0 saturated carbocycles. The summed E-state index contributed by atoms with van der Waals surface area (Å²) in [5.74, 6) is 0.0721. The predicted molar refractivity (Wildman–Crippen MR) is 87.9 cm³/mol. The summed E-state index contributed by atoms with van der Waals surface area (Å²) >= 11 is 1.53. The SMILES string of the molecule is O=C(c1ccsc1)N1CCc2c(cccc2N2CCOC2=O)C1. The molecular formula is C17H16N2O3S. The Morgan fingerprint density at radius 3 is 2.87 bits per heavy atom. The van der Waals surface area contributed by atoms with Crippen LogP contribution in [0.4, 0.5) is 10.5 Å². The smallest absolute Gasteiger partial charge is 0.414 e. The highest BCUT2D eigenvalue weighted by molar-refractivity contribution is 7.08. The summed E-state index contributed by atoms with van der Waals surface area (Å²) in [6.45, 7) is 2.28. The van der Waals surface area contributed by atoms with Crippen molar-refractivity contribution in [1.29, 1.82) is 0 Å². The summed E-state index contributed by atoms with van der Waals surface area (Å²) in [7, 11) is 0. The fourth-order valence-corrected chi connectivity index (χ4v) is 3.83. The van der Waals surface area contributed by atoms with Gasteiger partial charge in [-0.2, -0.15) is 11.3 Å². The number of rotatable bonds is 2. The largest absolute Gasteiger partial charge is 0.447 e. The van der Waals surface area contributed by atoms with E-state index in [-0.39, 0.29) is 12.0 Å². The van der Waals surface area contributed by atoms with Crippen molar-refractivity contribution in [3.8, 4) is 0 Å². The molecule has 1 aromatic carbocycles. The molecule has 6 heteroatoms. The predicted octanol–water partition coefficient (Wildman–Crippen LogP) is 2.90. The highest BCUT2D eigenvalue weighted by Gasteiger charge is 2.29. The summed E-state index contributed by atoms with van der Waals surface area (Å²) in [5, 5.41) is 3.80. The Morgan fingerprint density at radius 1 is 1.22 bits per heavy atom. The molecule has 0 N–H and O–H groups in total. The summed E-state index contributed by atoms with van der Waals surface area (Å²) in [5.41, 5.74) is 3.93. The van der Waals surface area contributed by atoms with Gasteiger partial charge in [0.05, 0.1) is 17.8 Å². The van der Waals surface area contributed by atoms with Crippen LogP contribution in [0.3, 0.4) is 0 Å². The number of benzene rings is 1. The van der Waals surface area contributed by atoms with Gasteiger partial charge in [0.25, 0.3) is 5.91 Å². The van der Waals surface area contributed by atoms with Crippen LogP contribution in [-0.2, 0) is 17.7 Å². The molecule has 23 heavy (non-hydrogen) atoms. The van der Waals surface area contributed by atoms with E-state index in [9.17, 15) is 9.59 Å². The first-order valence-electron chi connectivity index (χ1n) is 7.60. The maximum atomic E-state index is 12.5. The van der Waals surface area contributed by atoms with Crippen LogP contribution < -0.4 is 4.90 Å². The van der Waals surface area contributed by atoms with E-state index in [1.165, 1.54) is 11.3 Å². The third-order valence-corrected chi connectivity index (χ3v) is 5.03. The van der Waals surface area contributed by atoms with Gasteiger partial charge < -0.3 is 9.64 Å². The zero-order chi connectivity index (χ0) is 15.8. The number of carbonyl (C=O) groups excluding carboxylic acids is 2. The van der Waals surface area contributed by atoms with Crippen molar-refractivity contribution in [1.82, 2.24) is 4.90 Å². The lowest BCUT2D eigenvalue weighted by Gasteiger charge is -2.31. The summed E-state index contributed by atoms with van der Waals surface area (Å²) in [6, 6.07) is 7.80. The Kier molecular flexibility index (Phi) is 3.53. The normalized spacial score (nSPS) is 17.1. The van der Waals surface area contributed by atoms with E-state index >= 15 is 0 Å². The fraction of sp³-hybridized carbons (Fsp3) is 0.294. The van der Waals surface area contributed by atoms with Crippen LogP contribution in [-0.4, -0.2) is 36.6 Å². The molecule has 1 saturated heterocycles. The van der Waals surface area contributed by atoms with Gasteiger partial charge >= 0.3 is 6.09 Å². The fourth-order valence-electron chi connectivity index (χ4n) is 3.20. The summed E-state index contributed by atoms with van der Waals surface area (Å²) in [6.07, 6.45) is 0.473. The number of hydrogen-bond donors (Lipinski definition) is 0. The average Bonchev–Trinajstić information content (AvgIpc) is 3.24. The van der Waals surface area contributed by atoms with E-state index in [2.05, 4.69) is 0 Å². The quantitative estimate of drug-likeness (QED) is 0.852. The molecule has 0 atom stereocenters. The van der Waals surface area contributed by atoms with Crippen LogP contribution >= 0.6 is 11.3 Å². The minimum absolute atomic E-state index is 0.0721. The average molecular weight is 328 g/mol. The maximum absolute atomic E-state index is 12.5. The summed E-state index contributed by atoms with van der Waals surface area (Å²) < 4.78 is 5.04. The molecule has 4 rings (SSSR count). The van der Waals surface area contributed by atoms with Crippen molar-refractivity contribution in [2.45, 2.75) is 13.0 Å². The second kappa shape index (κ2) is 5.70. The van der Waals surface area contributed by atoms with Gasteiger partial charge in [0.1, 0.15) is 6.61 Å². The van der Waals surface area contributed by atoms with Crippen LogP contribution in [0.1, 0.15) is 21.5 Å². The first kappa shape index (κ1) is 14.3. The monoisotopic (exact) mass is 328 g/mol. The highest BCUT2D eigenvalue weighted by Crippen LogP contribution is 2.31.